The summed E-state index contributed by atoms with van der Waals surface area (Å²) in [6, 6.07) is 83.6. The van der Waals surface area contributed by atoms with Crippen molar-refractivity contribution in [3.63, 3.8) is 0 Å². The van der Waals surface area contributed by atoms with E-state index in [0.29, 0.717) is 0 Å². The molecule has 11 aromatic carbocycles. The van der Waals surface area contributed by atoms with Crippen molar-refractivity contribution in [2.75, 3.05) is 4.90 Å². The molecular weight excluding hydrogens is 765 g/mol. The molecule has 3 heteroatoms. The standard InChI is InChI=1S/C60H38N2O/c1-2-11-43-36-44(21-20-39(43)10-1)40-22-29-47(30-23-40)61(49-33-26-42(27-34-49)54-38-46-12-3-4-13-50(46)51-14-5-6-15-52(51)54)48-31-24-41(25-32-48)45-28-35-56-55(37-45)53-16-9-19-59-60(53)62(56)57-17-7-8-18-58(57)63-59/h1-38H. The van der Waals surface area contributed by atoms with Crippen molar-refractivity contribution in [2.45, 2.75) is 0 Å². The summed E-state index contributed by atoms with van der Waals surface area (Å²) in [5.41, 5.74) is 13.8. The van der Waals surface area contributed by atoms with E-state index in [2.05, 4.69) is 228 Å². The van der Waals surface area contributed by atoms with E-state index < -0.39 is 0 Å². The molecule has 0 atom stereocenters. The minimum absolute atomic E-state index is 0.874. The molecule has 0 amide bonds. The maximum Gasteiger partial charge on any atom is 0.152 e. The largest absolute Gasteiger partial charge is 0.453 e. The highest BCUT2D eigenvalue weighted by molar-refractivity contribution is 6.14. The van der Waals surface area contributed by atoms with Crippen LogP contribution in [0.25, 0.3) is 93.2 Å². The van der Waals surface area contributed by atoms with Gasteiger partial charge in [0.15, 0.2) is 11.5 Å². The Balaban J connectivity index is 0.900. The van der Waals surface area contributed by atoms with Gasteiger partial charge in [0.05, 0.1) is 16.7 Å². The monoisotopic (exact) mass is 802 g/mol. The minimum atomic E-state index is 0.874. The van der Waals surface area contributed by atoms with Gasteiger partial charge in [-0.05, 0) is 145 Å². The molecule has 3 nitrogen and oxygen atoms in total. The van der Waals surface area contributed by atoms with Crippen LogP contribution in [-0.2, 0) is 0 Å². The summed E-state index contributed by atoms with van der Waals surface area (Å²) in [6.45, 7) is 0. The first-order chi connectivity index (χ1) is 31.2. The number of benzene rings is 11. The van der Waals surface area contributed by atoms with Gasteiger partial charge in [-0.1, -0.05) is 152 Å². The Morgan fingerprint density at radius 3 is 1.60 bits per heavy atom. The molecule has 0 spiro atoms. The minimum Gasteiger partial charge on any atom is -0.453 e. The van der Waals surface area contributed by atoms with Crippen molar-refractivity contribution in [3.05, 3.63) is 231 Å². The number of rotatable bonds is 6. The van der Waals surface area contributed by atoms with Gasteiger partial charge in [-0.25, -0.2) is 0 Å². The quantitative estimate of drug-likeness (QED) is 0.156. The number of para-hydroxylation sites is 3. The molecular formula is C60H38N2O. The molecule has 12 aromatic rings. The van der Waals surface area contributed by atoms with Gasteiger partial charge in [0.2, 0.25) is 0 Å². The van der Waals surface area contributed by atoms with E-state index in [4.69, 9.17) is 4.74 Å². The van der Waals surface area contributed by atoms with Gasteiger partial charge in [0.1, 0.15) is 0 Å². The van der Waals surface area contributed by atoms with Crippen molar-refractivity contribution in [2.24, 2.45) is 0 Å². The number of anilines is 3. The van der Waals surface area contributed by atoms with Gasteiger partial charge in [0, 0.05) is 27.8 Å². The Bertz CT molecular complexity index is 3750. The predicted molar refractivity (Wildman–Crippen MR) is 264 cm³/mol. The average molecular weight is 803 g/mol. The third-order valence-electron chi connectivity index (χ3n) is 12.9. The number of nitrogens with zero attached hydrogens (tertiary/aromatic N) is 2. The van der Waals surface area contributed by atoms with Gasteiger partial charge in [-0.2, -0.15) is 0 Å². The second-order valence-corrected chi connectivity index (χ2v) is 16.5. The maximum atomic E-state index is 6.38. The number of fused-ring (bicyclic) bond motifs is 9. The van der Waals surface area contributed by atoms with Crippen LogP contribution >= 0.6 is 0 Å². The predicted octanol–water partition coefficient (Wildman–Crippen LogP) is 16.8. The van der Waals surface area contributed by atoms with E-state index in [1.807, 2.05) is 12.1 Å². The summed E-state index contributed by atoms with van der Waals surface area (Å²) < 4.78 is 8.73. The number of ether oxygens (including phenoxy) is 1. The van der Waals surface area contributed by atoms with Crippen molar-refractivity contribution in [1.82, 2.24) is 4.57 Å². The Hall–Kier alpha value is -8.40. The molecule has 1 aliphatic heterocycles. The van der Waals surface area contributed by atoms with Gasteiger partial charge in [-0.3, -0.25) is 0 Å². The van der Waals surface area contributed by atoms with Crippen LogP contribution in [0, 0.1) is 0 Å². The second kappa shape index (κ2) is 14.1. The Kier molecular flexibility index (Phi) is 7.91. The van der Waals surface area contributed by atoms with Gasteiger partial charge in [-0.15, -0.1) is 0 Å². The van der Waals surface area contributed by atoms with Crippen LogP contribution in [0.15, 0.2) is 231 Å². The van der Waals surface area contributed by atoms with Crippen LogP contribution in [-0.4, -0.2) is 4.57 Å². The molecule has 0 bridgehead atoms. The normalized spacial score (nSPS) is 11.9. The van der Waals surface area contributed by atoms with Crippen LogP contribution in [0.4, 0.5) is 17.1 Å². The molecule has 0 N–H and O–H groups in total. The Morgan fingerprint density at radius 2 is 0.857 bits per heavy atom. The van der Waals surface area contributed by atoms with E-state index in [0.717, 1.165) is 45.3 Å². The molecule has 0 saturated carbocycles. The molecule has 63 heavy (non-hydrogen) atoms. The lowest BCUT2D eigenvalue weighted by molar-refractivity contribution is 0.476. The summed E-state index contributed by atoms with van der Waals surface area (Å²) in [5, 5.41) is 9.95. The van der Waals surface area contributed by atoms with Crippen LogP contribution in [0.3, 0.4) is 0 Å². The zero-order valence-corrected chi connectivity index (χ0v) is 34.2. The van der Waals surface area contributed by atoms with Crippen molar-refractivity contribution >= 4 is 71.2 Å². The van der Waals surface area contributed by atoms with Crippen LogP contribution in [0.2, 0.25) is 0 Å². The SMILES string of the molecule is c1ccc2c(c1)Oc1cccc3c4cc(-c5ccc(N(c6ccc(-c7ccc8ccccc8c7)cc6)c6ccc(-c7cc8ccccc8c8ccccc78)cc6)cc5)ccc4n-2c13. The molecule has 0 unspecified atom stereocenters. The van der Waals surface area contributed by atoms with E-state index in [1.54, 1.807) is 0 Å². The summed E-state index contributed by atoms with van der Waals surface area (Å²) in [4.78, 5) is 2.36. The molecule has 0 saturated heterocycles. The Morgan fingerprint density at radius 1 is 0.317 bits per heavy atom. The molecule has 0 radical (unpaired) electrons. The smallest absolute Gasteiger partial charge is 0.152 e. The van der Waals surface area contributed by atoms with Gasteiger partial charge >= 0.3 is 0 Å². The Labute approximate surface area is 364 Å². The second-order valence-electron chi connectivity index (χ2n) is 16.5. The zero-order chi connectivity index (χ0) is 41.4. The highest BCUT2D eigenvalue weighted by atomic mass is 16.5. The summed E-state index contributed by atoms with van der Waals surface area (Å²) in [6.07, 6.45) is 0. The lowest BCUT2D eigenvalue weighted by atomic mass is 9.93. The lowest BCUT2D eigenvalue weighted by Crippen LogP contribution is -2.09. The molecule has 0 aliphatic carbocycles. The first-order valence-corrected chi connectivity index (χ1v) is 21.6. The van der Waals surface area contributed by atoms with Crippen molar-refractivity contribution in [1.29, 1.82) is 0 Å². The average Bonchev–Trinajstić information content (AvgIpc) is 3.69. The van der Waals surface area contributed by atoms with Crippen LogP contribution in [0.1, 0.15) is 0 Å². The molecule has 0 fully saturated rings. The molecule has 2 heterocycles. The topological polar surface area (TPSA) is 17.4 Å². The van der Waals surface area contributed by atoms with Gasteiger partial charge < -0.3 is 14.2 Å². The van der Waals surface area contributed by atoms with Crippen LogP contribution in [0.5, 0.6) is 11.5 Å². The number of aromatic nitrogens is 1. The summed E-state index contributed by atoms with van der Waals surface area (Å²) in [7, 11) is 0. The lowest BCUT2D eigenvalue weighted by Gasteiger charge is -2.26. The third kappa shape index (κ3) is 5.75. The zero-order valence-electron chi connectivity index (χ0n) is 34.2. The first-order valence-electron chi connectivity index (χ1n) is 21.6. The highest BCUT2D eigenvalue weighted by Crippen LogP contribution is 2.46. The van der Waals surface area contributed by atoms with E-state index in [1.165, 1.54) is 76.4 Å². The highest BCUT2D eigenvalue weighted by Gasteiger charge is 2.24. The third-order valence-corrected chi connectivity index (χ3v) is 12.9. The van der Waals surface area contributed by atoms with Crippen LogP contribution < -0.4 is 9.64 Å². The summed E-state index contributed by atoms with van der Waals surface area (Å²) >= 11 is 0. The number of hydrogen-bond donors (Lipinski definition) is 0. The molecule has 13 rings (SSSR count). The fourth-order valence-electron chi connectivity index (χ4n) is 9.90. The maximum absolute atomic E-state index is 6.38. The van der Waals surface area contributed by atoms with Crippen molar-refractivity contribution < 1.29 is 4.74 Å². The fourth-order valence-corrected chi connectivity index (χ4v) is 9.90. The molecule has 1 aromatic heterocycles. The van der Waals surface area contributed by atoms with E-state index in [-0.39, 0.29) is 0 Å². The fraction of sp³-hybridized carbons (Fsp3) is 0. The van der Waals surface area contributed by atoms with E-state index in [9.17, 15) is 0 Å². The first kappa shape index (κ1) is 35.4. The van der Waals surface area contributed by atoms with E-state index >= 15 is 0 Å². The van der Waals surface area contributed by atoms with Crippen molar-refractivity contribution in [3.8, 4) is 50.6 Å². The molecule has 1 aliphatic rings. The van der Waals surface area contributed by atoms with Gasteiger partial charge in [0.25, 0.3) is 0 Å². The number of hydrogen-bond acceptors (Lipinski definition) is 2. The summed E-state index contributed by atoms with van der Waals surface area (Å²) in [5.74, 6) is 1.76. The molecule has 294 valence electrons.